The molecule has 0 fully saturated rings. The summed E-state index contributed by atoms with van der Waals surface area (Å²) in [6.45, 7) is 2.98. The summed E-state index contributed by atoms with van der Waals surface area (Å²) in [5.41, 5.74) is 0.491. The molecule has 26 heavy (non-hydrogen) atoms. The van der Waals surface area contributed by atoms with Gasteiger partial charge in [0.05, 0.1) is 12.1 Å². The molecule has 1 amide bonds. The van der Waals surface area contributed by atoms with E-state index in [9.17, 15) is 18.0 Å². The molecular formula is C17H21F3N4O2. The summed E-state index contributed by atoms with van der Waals surface area (Å²) in [6, 6.07) is 6.28. The fourth-order valence-electron chi connectivity index (χ4n) is 2.16. The third-order valence-corrected chi connectivity index (χ3v) is 3.51. The highest BCUT2D eigenvalue weighted by atomic mass is 19.4. The van der Waals surface area contributed by atoms with E-state index in [-0.39, 0.29) is 12.1 Å². The maximum absolute atomic E-state index is 12.3. The molecule has 0 aliphatic rings. The average Bonchev–Trinajstić information content (AvgIpc) is 3.03. The Labute approximate surface area is 149 Å². The van der Waals surface area contributed by atoms with Crippen LogP contribution >= 0.6 is 0 Å². The summed E-state index contributed by atoms with van der Waals surface area (Å²) < 4.78 is 41.9. The molecule has 2 rings (SSSR count). The minimum Gasteiger partial charge on any atom is -0.375 e. The van der Waals surface area contributed by atoms with Crippen LogP contribution in [0.5, 0.6) is 0 Å². The maximum Gasteiger partial charge on any atom is 0.405 e. The zero-order valence-corrected chi connectivity index (χ0v) is 14.6. The molecule has 142 valence electrons. The zero-order chi connectivity index (χ0) is 19.2. The Kier molecular flexibility index (Phi) is 6.59. The molecule has 0 aliphatic carbocycles. The van der Waals surface area contributed by atoms with Gasteiger partial charge in [-0.2, -0.15) is 18.2 Å². The first-order valence-electron chi connectivity index (χ1n) is 8.24. The second-order valence-electron chi connectivity index (χ2n) is 6.23. The quantitative estimate of drug-likeness (QED) is 0.743. The van der Waals surface area contributed by atoms with Gasteiger partial charge in [-0.05, 0) is 24.5 Å². The lowest BCUT2D eigenvalue weighted by Crippen LogP contribution is -2.34. The van der Waals surface area contributed by atoms with Crippen LogP contribution in [0.2, 0.25) is 0 Å². The second-order valence-corrected chi connectivity index (χ2v) is 6.23. The summed E-state index contributed by atoms with van der Waals surface area (Å²) in [7, 11) is 0. The first-order chi connectivity index (χ1) is 12.2. The highest BCUT2D eigenvalue weighted by Crippen LogP contribution is 2.18. The van der Waals surface area contributed by atoms with Crippen LogP contribution in [0.3, 0.4) is 0 Å². The number of nitrogens with one attached hydrogen (secondary N) is 2. The zero-order valence-electron chi connectivity index (χ0n) is 14.6. The standard InChI is InChI=1S/C17H21F3N4O2/c1-11(2)7-8-14-23-15(26-24-14)9-21-13-6-4-3-5-12(13)16(25)22-10-17(18,19)20/h3-6,11,21H,7-10H2,1-2H3,(H,22,25). The number of carbonyl (C=O) groups is 1. The Morgan fingerprint density at radius 2 is 2.00 bits per heavy atom. The van der Waals surface area contributed by atoms with Gasteiger partial charge in [0.1, 0.15) is 6.54 Å². The van der Waals surface area contributed by atoms with Crippen LogP contribution in [0.25, 0.3) is 0 Å². The van der Waals surface area contributed by atoms with Gasteiger partial charge < -0.3 is 15.2 Å². The number of amides is 1. The van der Waals surface area contributed by atoms with Crippen LogP contribution in [0, 0.1) is 5.92 Å². The van der Waals surface area contributed by atoms with Gasteiger partial charge in [-0.3, -0.25) is 4.79 Å². The van der Waals surface area contributed by atoms with Crippen molar-refractivity contribution in [3.63, 3.8) is 0 Å². The van der Waals surface area contributed by atoms with Gasteiger partial charge in [0.25, 0.3) is 5.91 Å². The molecule has 1 heterocycles. The SMILES string of the molecule is CC(C)CCc1noc(CNc2ccccc2C(=O)NCC(F)(F)F)n1. The van der Waals surface area contributed by atoms with Gasteiger partial charge >= 0.3 is 6.18 Å². The van der Waals surface area contributed by atoms with E-state index in [1.807, 2.05) is 5.32 Å². The van der Waals surface area contributed by atoms with Crippen LogP contribution in [0.15, 0.2) is 28.8 Å². The molecule has 0 spiro atoms. The van der Waals surface area contributed by atoms with Crippen molar-refractivity contribution in [2.75, 3.05) is 11.9 Å². The third-order valence-electron chi connectivity index (χ3n) is 3.51. The number of anilines is 1. The fourth-order valence-corrected chi connectivity index (χ4v) is 2.16. The largest absolute Gasteiger partial charge is 0.405 e. The minimum atomic E-state index is -4.46. The fraction of sp³-hybridized carbons (Fsp3) is 0.471. The van der Waals surface area contributed by atoms with Crippen molar-refractivity contribution >= 4 is 11.6 Å². The highest BCUT2D eigenvalue weighted by Gasteiger charge is 2.28. The first-order valence-corrected chi connectivity index (χ1v) is 8.24. The van der Waals surface area contributed by atoms with Crippen molar-refractivity contribution in [3.8, 4) is 0 Å². The van der Waals surface area contributed by atoms with Crippen molar-refractivity contribution in [2.45, 2.75) is 39.4 Å². The van der Waals surface area contributed by atoms with Gasteiger partial charge in [-0.15, -0.1) is 0 Å². The summed E-state index contributed by atoms with van der Waals surface area (Å²) in [6.07, 6.45) is -2.82. The van der Waals surface area contributed by atoms with E-state index in [1.54, 1.807) is 18.2 Å². The Morgan fingerprint density at radius 3 is 2.69 bits per heavy atom. The molecule has 1 aromatic heterocycles. The summed E-state index contributed by atoms with van der Waals surface area (Å²) >= 11 is 0. The Hall–Kier alpha value is -2.58. The van der Waals surface area contributed by atoms with E-state index in [4.69, 9.17) is 4.52 Å². The minimum absolute atomic E-state index is 0.108. The van der Waals surface area contributed by atoms with Crippen molar-refractivity contribution in [2.24, 2.45) is 5.92 Å². The summed E-state index contributed by atoms with van der Waals surface area (Å²) in [5.74, 6) is 0.659. The first kappa shape index (κ1) is 19.7. The molecule has 0 bridgehead atoms. The highest BCUT2D eigenvalue weighted by molar-refractivity contribution is 5.99. The smallest absolute Gasteiger partial charge is 0.375 e. The predicted molar refractivity (Wildman–Crippen MR) is 89.6 cm³/mol. The molecule has 0 unspecified atom stereocenters. The number of hydrogen-bond donors (Lipinski definition) is 2. The monoisotopic (exact) mass is 370 g/mol. The Balaban J connectivity index is 1.96. The third kappa shape index (κ3) is 6.38. The average molecular weight is 370 g/mol. The molecule has 1 aromatic carbocycles. The number of rotatable bonds is 8. The van der Waals surface area contributed by atoms with E-state index in [1.165, 1.54) is 6.07 Å². The number of benzene rings is 1. The van der Waals surface area contributed by atoms with Crippen LogP contribution in [0.1, 0.15) is 42.3 Å². The number of alkyl halides is 3. The number of carbonyl (C=O) groups excluding carboxylic acids is 1. The van der Waals surface area contributed by atoms with Crippen LogP contribution in [-0.4, -0.2) is 28.8 Å². The topological polar surface area (TPSA) is 80.0 Å². The normalized spacial score (nSPS) is 11.6. The van der Waals surface area contributed by atoms with Crippen LogP contribution < -0.4 is 10.6 Å². The number of nitrogens with zero attached hydrogens (tertiary/aromatic N) is 2. The van der Waals surface area contributed by atoms with Crippen LogP contribution in [-0.2, 0) is 13.0 Å². The molecule has 0 aliphatic heterocycles. The lowest BCUT2D eigenvalue weighted by Gasteiger charge is -2.12. The van der Waals surface area contributed by atoms with E-state index >= 15 is 0 Å². The second kappa shape index (κ2) is 8.68. The number of aryl methyl sites for hydroxylation is 1. The number of para-hydroxylation sites is 1. The van der Waals surface area contributed by atoms with Crippen molar-refractivity contribution < 1.29 is 22.5 Å². The lowest BCUT2D eigenvalue weighted by atomic mass is 10.1. The summed E-state index contributed by atoms with van der Waals surface area (Å²) in [5, 5.41) is 8.69. The molecular weight excluding hydrogens is 349 g/mol. The van der Waals surface area contributed by atoms with Crippen LogP contribution in [0.4, 0.5) is 18.9 Å². The Bertz CT molecular complexity index is 729. The molecule has 2 aromatic rings. The molecule has 9 heteroatoms. The Morgan fingerprint density at radius 1 is 1.27 bits per heavy atom. The van der Waals surface area contributed by atoms with E-state index in [2.05, 4.69) is 29.3 Å². The van der Waals surface area contributed by atoms with Crippen molar-refractivity contribution in [1.29, 1.82) is 0 Å². The number of aromatic nitrogens is 2. The number of hydrogen-bond acceptors (Lipinski definition) is 5. The molecule has 0 saturated heterocycles. The molecule has 0 radical (unpaired) electrons. The number of halogens is 3. The molecule has 0 saturated carbocycles. The van der Waals surface area contributed by atoms with Gasteiger partial charge in [-0.1, -0.05) is 31.1 Å². The van der Waals surface area contributed by atoms with Crippen molar-refractivity contribution in [1.82, 2.24) is 15.5 Å². The molecule has 6 nitrogen and oxygen atoms in total. The molecule has 2 N–H and O–H groups in total. The van der Waals surface area contributed by atoms with E-state index in [0.29, 0.717) is 29.7 Å². The molecule has 0 atom stereocenters. The van der Waals surface area contributed by atoms with Gasteiger partial charge in [0.2, 0.25) is 5.89 Å². The maximum atomic E-state index is 12.3. The lowest BCUT2D eigenvalue weighted by molar-refractivity contribution is -0.123. The van der Waals surface area contributed by atoms with Gasteiger partial charge in [-0.25, -0.2) is 0 Å². The van der Waals surface area contributed by atoms with Gasteiger partial charge in [0, 0.05) is 12.1 Å². The summed E-state index contributed by atoms with van der Waals surface area (Å²) in [4.78, 5) is 16.2. The predicted octanol–water partition coefficient (Wildman–Crippen LogP) is 3.56. The van der Waals surface area contributed by atoms with E-state index < -0.39 is 18.6 Å². The van der Waals surface area contributed by atoms with Crippen molar-refractivity contribution in [3.05, 3.63) is 41.5 Å². The van der Waals surface area contributed by atoms with E-state index in [0.717, 1.165) is 6.42 Å². The van der Waals surface area contributed by atoms with Gasteiger partial charge in [0.15, 0.2) is 5.82 Å².